The summed E-state index contributed by atoms with van der Waals surface area (Å²) in [5.41, 5.74) is 6.09. The summed E-state index contributed by atoms with van der Waals surface area (Å²) in [7, 11) is 0. The minimum atomic E-state index is -1.22. The Kier molecular flexibility index (Phi) is 5.32. The lowest BCUT2D eigenvalue weighted by Gasteiger charge is -2.22. The van der Waals surface area contributed by atoms with E-state index in [0.29, 0.717) is 12.1 Å². The zero-order valence-corrected chi connectivity index (χ0v) is 12.5. The van der Waals surface area contributed by atoms with Crippen LogP contribution in [0.3, 0.4) is 0 Å². The van der Waals surface area contributed by atoms with Crippen LogP contribution in [0.4, 0.5) is 5.69 Å². The third-order valence-corrected chi connectivity index (χ3v) is 2.83. The molecule has 1 aromatic rings. The summed E-state index contributed by atoms with van der Waals surface area (Å²) in [5.74, 6) is -1.88. The van der Waals surface area contributed by atoms with Crippen molar-refractivity contribution in [1.82, 2.24) is 0 Å². The van der Waals surface area contributed by atoms with Crippen LogP contribution in [0, 0.1) is 5.41 Å². The second kappa shape index (κ2) is 6.58. The number of hydrogen-bond donors (Lipinski definition) is 4. The summed E-state index contributed by atoms with van der Waals surface area (Å²) in [6, 6.07) is 3.62. The number of carboxylic acid groups (broad SMARTS) is 1. The van der Waals surface area contributed by atoms with Crippen molar-refractivity contribution in [3.05, 3.63) is 23.8 Å². The summed E-state index contributed by atoms with van der Waals surface area (Å²) >= 11 is 0. The molecule has 0 saturated carbocycles. The number of nitrogens with one attached hydrogen (secondary N) is 1. The number of phenols is 1. The van der Waals surface area contributed by atoms with Crippen LogP contribution < -0.4 is 11.1 Å². The first-order valence-electron chi connectivity index (χ1n) is 6.70. The molecule has 0 radical (unpaired) electrons. The van der Waals surface area contributed by atoms with Crippen LogP contribution in [0.2, 0.25) is 0 Å². The van der Waals surface area contributed by atoms with Crippen LogP contribution in [-0.4, -0.2) is 28.1 Å². The van der Waals surface area contributed by atoms with Crippen molar-refractivity contribution in [2.45, 2.75) is 39.7 Å². The van der Waals surface area contributed by atoms with Gasteiger partial charge in [-0.2, -0.15) is 0 Å². The third-order valence-electron chi connectivity index (χ3n) is 2.83. The quantitative estimate of drug-likeness (QED) is 0.665. The lowest BCUT2D eigenvalue weighted by atomic mass is 9.87. The van der Waals surface area contributed by atoms with E-state index in [1.165, 1.54) is 18.2 Å². The van der Waals surface area contributed by atoms with E-state index in [1.807, 2.05) is 20.8 Å². The summed E-state index contributed by atoms with van der Waals surface area (Å²) in [6.07, 6.45) is 0.877. The van der Waals surface area contributed by atoms with Gasteiger partial charge in [-0.3, -0.25) is 4.79 Å². The van der Waals surface area contributed by atoms with E-state index in [2.05, 4.69) is 5.32 Å². The Bertz CT molecular complexity index is 535. The number of hydrogen-bond acceptors (Lipinski definition) is 4. The zero-order valence-electron chi connectivity index (χ0n) is 12.5. The van der Waals surface area contributed by atoms with Gasteiger partial charge in [0.2, 0.25) is 5.91 Å². The average molecular weight is 294 g/mol. The topological polar surface area (TPSA) is 113 Å². The van der Waals surface area contributed by atoms with Crippen molar-refractivity contribution < 1.29 is 19.8 Å². The molecule has 6 nitrogen and oxygen atoms in total. The van der Waals surface area contributed by atoms with Gasteiger partial charge >= 0.3 is 5.97 Å². The number of benzene rings is 1. The number of carboxylic acids is 1. The highest BCUT2D eigenvalue weighted by Gasteiger charge is 2.18. The Balaban J connectivity index is 2.63. The second-order valence-corrected chi connectivity index (χ2v) is 6.31. The van der Waals surface area contributed by atoms with Crippen molar-refractivity contribution in [3.63, 3.8) is 0 Å². The maximum atomic E-state index is 11.8. The fourth-order valence-electron chi connectivity index (χ4n) is 2.10. The number of amides is 1. The fourth-order valence-corrected chi connectivity index (χ4v) is 2.10. The third kappa shape index (κ3) is 5.83. The maximum absolute atomic E-state index is 11.8. The van der Waals surface area contributed by atoms with Crippen LogP contribution in [0.15, 0.2) is 18.2 Å². The zero-order chi connectivity index (χ0) is 16.2. The van der Waals surface area contributed by atoms with E-state index >= 15 is 0 Å². The molecular weight excluding hydrogens is 272 g/mol. The fraction of sp³-hybridized carbons (Fsp3) is 0.467. The van der Waals surface area contributed by atoms with Crippen molar-refractivity contribution in [2.75, 3.05) is 5.32 Å². The summed E-state index contributed by atoms with van der Waals surface area (Å²) in [6.45, 7) is 6.15. The number of aromatic hydroxyl groups is 1. The number of aromatic carboxylic acids is 1. The Labute approximate surface area is 124 Å². The summed E-state index contributed by atoms with van der Waals surface area (Å²) in [4.78, 5) is 22.6. The van der Waals surface area contributed by atoms with Gasteiger partial charge in [-0.05, 0) is 24.0 Å². The van der Waals surface area contributed by atoms with Gasteiger partial charge < -0.3 is 21.3 Å². The molecule has 0 heterocycles. The average Bonchev–Trinajstić information content (AvgIpc) is 2.24. The predicted octanol–water partition coefficient (Wildman–Crippen LogP) is 2.18. The van der Waals surface area contributed by atoms with E-state index < -0.39 is 5.97 Å². The number of nitrogens with two attached hydrogens (primary N) is 1. The number of carbonyl (C=O) groups is 2. The molecule has 0 spiro atoms. The molecule has 0 aliphatic carbocycles. The van der Waals surface area contributed by atoms with Gasteiger partial charge in [0, 0.05) is 24.2 Å². The van der Waals surface area contributed by atoms with Gasteiger partial charge in [0.15, 0.2) is 0 Å². The highest BCUT2D eigenvalue weighted by molar-refractivity contribution is 5.94. The first kappa shape index (κ1) is 17.0. The maximum Gasteiger partial charge on any atom is 0.339 e. The minimum Gasteiger partial charge on any atom is -0.507 e. The van der Waals surface area contributed by atoms with Crippen molar-refractivity contribution >= 4 is 17.6 Å². The molecule has 21 heavy (non-hydrogen) atoms. The van der Waals surface area contributed by atoms with Gasteiger partial charge in [0.1, 0.15) is 11.3 Å². The van der Waals surface area contributed by atoms with Gasteiger partial charge in [-0.15, -0.1) is 0 Å². The molecule has 1 rings (SSSR count). The van der Waals surface area contributed by atoms with Gasteiger partial charge in [0.25, 0.3) is 0 Å². The van der Waals surface area contributed by atoms with Gasteiger partial charge in [-0.1, -0.05) is 20.8 Å². The van der Waals surface area contributed by atoms with E-state index in [4.69, 9.17) is 10.8 Å². The largest absolute Gasteiger partial charge is 0.507 e. The highest BCUT2D eigenvalue weighted by atomic mass is 16.4. The van der Waals surface area contributed by atoms with Crippen LogP contribution in [0.25, 0.3) is 0 Å². The van der Waals surface area contributed by atoms with Gasteiger partial charge in [-0.25, -0.2) is 4.79 Å². The molecule has 0 bridgehead atoms. The Morgan fingerprint density at radius 2 is 1.95 bits per heavy atom. The van der Waals surface area contributed by atoms with Crippen LogP contribution in [-0.2, 0) is 4.79 Å². The van der Waals surface area contributed by atoms with E-state index in [-0.39, 0.29) is 35.1 Å². The molecule has 1 amide bonds. The predicted molar refractivity (Wildman–Crippen MR) is 80.4 cm³/mol. The molecule has 0 aliphatic rings. The first-order valence-corrected chi connectivity index (χ1v) is 6.70. The number of anilines is 1. The lowest BCUT2D eigenvalue weighted by Crippen LogP contribution is -2.31. The van der Waals surface area contributed by atoms with Crippen LogP contribution >= 0.6 is 0 Å². The molecule has 1 atom stereocenters. The van der Waals surface area contributed by atoms with Crippen molar-refractivity contribution in [1.29, 1.82) is 0 Å². The number of carbonyl (C=O) groups excluding carboxylic acids is 1. The number of rotatable bonds is 5. The smallest absolute Gasteiger partial charge is 0.339 e. The standard InChI is InChI=1S/C15H22N2O4/c1-15(2,3)8-9(16)6-13(19)17-10-4-5-11(14(20)21)12(18)7-10/h4-5,7,9,18H,6,8,16H2,1-3H3,(H,17,19)(H,20,21). The molecule has 0 fully saturated rings. The Morgan fingerprint density at radius 1 is 1.33 bits per heavy atom. The Morgan fingerprint density at radius 3 is 2.43 bits per heavy atom. The molecular formula is C15H22N2O4. The van der Waals surface area contributed by atoms with Crippen LogP contribution in [0.1, 0.15) is 44.0 Å². The highest BCUT2D eigenvalue weighted by Crippen LogP contribution is 2.23. The lowest BCUT2D eigenvalue weighted by molar-refractivity contribution is -0.116. The van der Waals surface area contributed by atoms with Gasteiger partial charge in [0.05, 0.1) is 0 Å². The van der Waals surface area contributed by atoms with E-state index in [9.17, 15) is 14.7 Å². The normalized spacial score (nSPS) is 12.8. The van der Waals surface area contributed by atoms with Crippen LogP contribution in [0.5, 0.6) is 5.75 Å². The second-order valence-electron chi connectivity index (χ2n) is 6.31. The van der Waals surface area contributed by atoms with E-state index in [1.54, 1.807) is 0 Å². The first-order chi connectivity index (χ1) is 9.58. The molecule has 116 valence electrons. The Hall–Kier alpha value is -2.08. The van der Waals surface area contributed by atoms with Crippen molar-refractivity contribution in [2.24, 2.45) is 11.1 Å². The SMILES string of the molecule is CC(C)(C)CC(N)CC(=O)Nc1ccc(C(=O)O)c(O)c1. The monoisotopic (exact) mass is 294 g/mol. The molecule has 6 heteroatoms. The van der Waals surface area contributed by atoms with Crippen molar-refractivity contribution in [3.8, 4) is 5.75 Å². The summed E-state index contributed by atoms with van der Waals surface area (Å²) in [5, 5.41) is 20.9. The summed E-state index contributed by atoms with van der Waals surface area (Å²) < 4.78 is 0. The molecule has 1 unspecified atom stereocenters. The molecule has 0 saturated heterocycles. The molecule has 1 aromatic carbocycles. The molecule has 5 N–H and O–H groups in total. The van der Waals surface area contributed by atoms with E-state index in [0.717, 1.165) is 0 Å². The molecule has 0 aliphatic heterocycles. The molecule has 0 aromatic heterocycles. The minimum absolute atomic E-state index is 0.0428.